The predicted octanol–water partition coefficient (Wildman–Crippen LogP) is 3.78. The highest BCUT2D eigenvalue weighted by Gasteiger charge is 2.16. The normalized spacial score (nSPS) is 15.7. The SMILES string of the molecule is O=C(NCc1cc2cc(F)ccc2s1)NC1CCCC1. The summed E-state index contributed by atoms with van der Waals surface area (Å²) in [6.45, 7) is 0.486. The Labute approximate surface area is 121 Å². The minimum atomic E-state index is -0.228. The van der Waals surface area contributed by atoms with Crippen LogP contribution in [0.1, 0.15) is 30.6 Å². The molecule has 3 nitrogen and oxygen atoms in total. The second kappa shape index (κ2) is 5.79. The summed E-state index contributed by atoms with van der Waals surface area (Å²) in [5.41, 5.74) is 0. The molecule has 0 spiro atoms. The van der Waals surface area contributed by atoms with E-state index in [1.807, 2.05) is 6.07 Å². The standard InChI is InChI=1S/C15H17FN2OS/c16-11-5-6-14-10(7-11)8-13(20-14)9-17-15(19)18-12-3-1-2-4-12/h5-8,12H,1-4,9H2,(H2,17,18,19). The molecule has 106 valence electrons. The van der Waals surface area contributed by atoms with Crippen molar-refractivity contribution in [3.8, 4) is 0 Å². The molecular formula is C15H17FN2OS. The third kappa shape index (κ3) is 3.10. The average Bonchev–Trinajstić information content (AvgIpc) is 3.04. The van der Waals surface area contributed by atoms with Gasteiger partial charge in [-0.2, -0.15) is 0 Å². The molecule has 1 aromatic carbocycles. The number of amides is 2. The van der Waals surface area contributed by atoms with E-state index >= 15 is 0 Å². The first-order chi connectivity index (χ1) is 9.70. The number of carbonyl (C=O) groups is 1. The number of hydrogen-bond acceptors (Lipinski definition) is 2. The van der Waals surface area contributed by atoms with Crippen LogP contribution in [-0.4, -0.2) is 12.1 Å². The minimum absolute atomic E-state index is 0.111. The Kier molecular flexibility index (Phi) is 3.87. The van der Waals surface area contributed by atoms with Crippen LogP contribution < -0.4 is 10.6 Å². The van der Waals surface area contributed by atoms with Crippen molar-refractivity contribution in [3.63, 3.8) is 0 Å². The van der Waals surface area contributed by atoms with Gasteiger partial charge in [-0.05, 0) is 42.5 Å². The number of fused-ring (bicyclic) bond motifs is 1. The fourth-order valence-corrected chi connectivity index (χ4v) is 3.61. The first kappa shape index (κ1) is 13.4. The molecule has 1 aliphatic rings. The smallest absolute Gasteiger partial charge is 0.315 e. The number of urea groups is 1. The van der Waals surface area contributed by atoms with Crippen molar-refractivity contribution in [3.05, 3.63) is 35.0 Å². The highest BCUT2D eigenvalue weighted by molar-refractivity contribution is 7.19. The number of hydrogen-bond donors (Lipinski definition) is 2. The zero-order chi connectivity index (χ0) is 13.9. The maximum absolute atomic E-state index is 13.1. The molecule has 1 saturated carbocycles. The third-order valence-corrected chi connectivity index (χ3v) is 4.76. The van der Waals surface area contributed by atoms with Crippen LogP contribution >= 0.6 is 11.3 Å². The van der Waals surface area contributed by atoms with Crippen molar-refractivity contribution in [2.45, 2.75) is 38.3 Å². The summed E-state index contributed by atoms with van der Waals surface area (Å²) in [4.78, 5) is 12.8. The zero-order valence-corrected chi connectivity index (χ0v) is 11.9. The van der Waals surface area contributed by atoms with Crippen LogP contribution in [0.15, 0.2) is 24.3 Å². The molecular weight excluding hydrogens is 275 g/mol. The number of rotatable bonds is 3. The molecule has 2 aromatic rings. The molecule has 0 aliphatic heterocycles. The van der Waals surface area contributed by atoms with Gasteiger partial charge in [0.1, 0.15) is 5.82 Å². The molecule has 20 heavy (non-hydrogen) atoms. The van der Waals surface area contributed by atoms with Crippen molar-refractivity contribution in [1.29, 1.82) is 0 Å². The first-order valence-electron chi connectivity index (χ1n) is 6.93. The zero-order valence-electron chi connectivity index (χ0n) is 11.1. The van der Waals surface area contributed by atoms with E-state index < -0.39 is 0 Å². The monoisotopic (exact) mass is 292 g/mol. The van der Waals surface area contributed by atoms with E-state index in [4.69, 9.17) is 0 Å². The van der Waals surface area contributed by atoms with Gasteiger partial charge in [0, 0.05) is 15.6 Å². The van der Waals surface area contributed by atoms with E-state index in [9.17, 15) is 9.18 Å². The lowest BCUT2D eigenvalue weighted by molar-refractivity contribution is 0.237. The number of nitrogens with one attached hydrogen (secondary N) is 2. The summed E-state index contributed by atoms with van der Waals surface area (Å²) in [6, 6.07) is 6.90. The van der Waals surface area contributed by atoms with E-state index in [0.29, 0.717) is 12.6 Å². The number of carbonyl (C=O) groups excluding carboxylic acids is 1. The Morgan fingerprint density at radius 2 is 2.10 bits per heavy atom. The molecule has 1 aromatic heterocycles. The summed E-state index contributed by atoms with van der Waals surface area (Å²) in [5, 5.41) is 6.75. The van der Waals surface area contributed by atoms with Crippen molar-refractivity contribution >= 4 is 27.5 Å². The van der Waals surface area contributed by atoms with E-state index in [2.05, 4.69) is 10.6 Å². The van der Waals surface area contributed by atoms with E-state index in [0.717, 1.165) is 27.8 Å². The Bertz CT molecular complexity index is 619. The highest BCUT2D eigenvalue weighted by Crippen LogP contribution is 2.26. The number of benzene rings is 1. The Morgan fingerprint density at radius 1 is 1.30 bits per heavy atom. The molecule has 1 aliphatic carbocycles. The van der Waals surface area contributed by atoms with Crippen LogP contribution in [0.4, 0.5) is 9.18 Å². The van der Waals surface area contributed by atoms with Crippen molar-refractivity contribution in [2.24, 2.45) is 0 Å². The summed E-state index contributed by atoms with van der Waals surface area (Å²) in [6.07, 6.45) is 4.56. The van der Waals surface area contributed by atoms with Gasteiger partial charge in [0.2, 0.25) is 0 Å². The molecule has 0 saturated heterocycles. The van der Waals surface area contributed by atoms with Gasteiger partial charge in [0.05, 0.1) is 6.54 Å². The van der Waals surface area contributed by atoms with Gasteiger partial charge in [-0.15, -0.1) is 11.3 Å². The maximum Gasteiger partial charge on any atom is 0.315 e. The van der Waals surface area contributed by atoms with Crippen LogP contribution in [0, 0.1) is 5.82 Å². The fourth-order valence-electron chi connectivity index (χ4n) is 2.63. The largest absolute Gasteiger partial charge is 0.335 e. The molecule has 2 N–H and O–H groups in total. The molecule has 1 fully saturated rings. The topological polar surface area (TPSA) is 41.1 Å². The molecule has 0 bridgehead atoms. The summed E-state index contributed by atoms with van der Waals surface area (Å²) >= 11 is 1.58. The van der Waals surface area contributed by atoms with E-state index in [1.165, 1.54) is 25.0 Å². The van der Waals surface area contributed by atoms with Gasteiger partial charge in [-0.3, -0.25) is 0 Å². The van der Waals surface area contributed by atoms with E-state index in [1.54, 1.807) is 17.4 Å². The van der Waals surface area contributed by atoms with Crippen molar-refractivity contribution in [1.82, 2.24) is 10.6 Å². The summed E-state index contributed by atoms with van der Waals surface area (Å²) in [7, 11) is 0. The molecule has 5 heteroatoms. The first-order valence-corrected chi connectivity index (χ1v) is 7.75. The lowest BCUT2D eigenvalue weighted by Gasteiger charge is -2.12. The lowest BCUT2D eigenvalue weighted by atomic mass is 10.2. The number of thiophene rings is 1. The van der Waals surface area contributed by atoms with Gasteiger partial charge in [-0.1, -0.05) is 12.8 Å². The Morgan fingerprint density at radius 3 is 2.90 bits per heavy atom. The Hall–Kier alpha value is -1.62. The van der Waals surface area contributed by atoms with Gasteiger partial charge < -0.3 is 10.6 Å². The molecule has 1 heterocycles. The quantitative estimate of drug-likeness (QED) is 0.888. The Balaban J connectivity index is 1.57. The average molecular weight is 292 g/mol. The van der Waals surface area contributed by atoms with E-state index in [-0.39, 0.29) is 11.8 Å². The van der Waals surface area contributed by atoms with Crippen LogP contribution in [0.25, 0.3) is 10.1 Å². The third-order valence-electron chi connectivity index (χ3n) is 3.64. The molecule has 3 rings (SSSR count). The van der Waals surface area contributed by atoms with Crippen molar-refractivity contribution in [2.75, 3.05) is 0 Å². The maximum atomic E-state index is 13.1. The van der Waals surface area contributed by atoms with Gasteiger partial charge in [-0.25, -0.2) is 9.18 Å². The van der Waals surface area contributed by atoms with Gasteiger partial charge in [0.25, 0.3) is 0 Å². The van der Waals surface area contributed by atoms with Crippen LogP contribution in [0.3, 0.4) is 0 Å². The minimum Gasteiger partial charge on any atom is -0.335 e. The number of halogens is 1. The second-order valence-corrected chi connectivity index (χ2v) is 6.37. The van der Waals surface area contributed by atoms with Crippen molar-refractivity contribution < 1.29 is 9.18 Å². The second-order valence-electron chi connectivity index (χ2n) is 5.20. The fraction of sp³-hybridized carbons (Fsp3) is 0.400. The summed E-state index contributed by atoms with van der Waals surface area (Å²) < 4.78 is 14.2. The lowest BCUT2D eigenvalue weighted by Crippen LogP contribution is -2.40. The highest BCUT2D eigenvalue weighted by atomic mass is 32.1. The van der Waals surface area contributed by atoms with Crippen LogP contribution in [-0.2, 0) is 6.54 Å². The van der Waals surface area contributed by atoms with Gasteiger partial charge >= 0.3 is 6.03 Å². The molecule has 0 radical (unpaired) electrons. The predicted molar refractivity (Wildman–Crippen MR) is 79.4 cm³/mol. The van der Waals surface area contributed by atoms with Gasteiger partial charge in [0.15, 0.2) is 0 Å². The molecule has 2 amide bonds. The molecule has 0 atom stereocenters. The molecule has 0 unspecified atom stereocenters. The van der Waals surface area contributed by atoms with Crippen LogP contribution in [0.2, 0.25) is 0 Å². The summed E-state index contributed by atoms with van der Waals surface area (Å²) in [5.74, 6) is -0.228. The van der Waals surface area contributed by atoms with Crippen LogP contribution in [0.5, 0.6) is 0 Å².